The molecule has 2 aromatic carbocycles. The molecule has 1 saturated carbocycles. The van der Waals surface area contributed by atoms with Crippen LogP contribution in [-0.2, 0) is 0 Å². The van der Waals surface area contributed by atoms with Crippen LogP contribution in [0.25, 0.3) is 11.1 Å². The molecule has 1 aromatic heterocycles. The van der Waals surface area contributed by atoms with Gasteiger partial charge in [-0.1, -0.05) is 47.8 Å². The summed E-state index contributed by atoms with van der Waals surface area (Å²) in [4.78, 5) is 27.6. The molecule has 8 heteroatoms. The molecule has 5 rings (SSSR count). The summed E-state index contributed by atoms with van der Waals surface area (Å²) in [6, 6.07) is 13.8. The van der Waals surface area contributed by atoms with Gasteiger partial charge in [0.25, 0.3) is 11.8 Å². The molecule has 2 amide bonds. The number of hydrogen-bond donors (Lipinski definition) is 2. The monoisotopic (exact) mass is 487 g/mol. The first-order chi connectivity index (χ1) is 16.9. The standard InChI is InChI=1S/C27H29N5O2S/c1-16-4-9-22(20-10-12-21(13-11-20)24(33)28-15-19-7-8-19)14-23(16)25(34)29-26-30-31-27(35-26)32-17(2)5-6-18(32)3/h4-6,9-14,17-19H,7-8,15H2,1-3H3,(H,28,33)(H,29,30,34). The predicted octanol–water partition coefficient (Wildman–Crippen LogP) is 5.06. The van der Waals surface area contributed by atoms with E-state index in [0.717, 1.165) is 28.4 Å². The largest absolute Gasteiger partial charge is 0.352 e. The lowest BCUT2D eigenvalue weighted by molar-refractivity contribution is 0.0951. The first kappa shape index (κ1) is 23.2. The van der Waals surface area contributed by atoms with Crippen molar-refractivity contribution in [3.05, 3.63) is 71.3 Å². The lowest BCUT2D eigenvalue weighted by Gasteiger charge is -2.24. The normalized spacial score (nSPS) is 19.1. The van der Waals surface area contributed by atoms with Gasteiger partial charge in [0.05, 0.1) is 0 Å². The first-order valence-corrected chi connectivity index (χ1v) is 12.8. The van der Waals surface area contributed by atoms with E-state index in [9.17, 15) is 9.59 Å². The number of aromatic nitrogens is 2. The number of rotatable bonds is 7. The van der Waals surface area contributed by atoms with Crippen LogP contribution in [0, 0.1) is 12.8 Å². The summed E-state index contributed by atoms with van der Waals surface area (Å²) in [5.41, 5.74) is 3.95. The van der Waals surface area contributed by atoms with Gasteiger partial charge < -0.3 is 10.2 Å². The molecule has 35 heavy (non-hydrogen) atoms. The smallest absolute Gasteiger partial charge is 0.257 e. The molecule has 2 heterocycles. The van der Waals surface area contributed by atoms with Crippen LogP contribution in [0.4, 0.5) is 10.3 Å². The topological polar surface area (TPSA) is 87.2 Å². The van der Waals surface area contributed by atoms with E-state index >= 15 is 0 Å². The Bertz CT molecular complexity index is 1270. The fraction of sp³-hybridized carbons (Fsp3) is 0.333. The van der Waals surface area contributed by atoms with Gasteiger partial charge in [0.15, 0.2) is 0 Å². The SMILES string of the molecule is Cc1ccc(-c2ccc(C(=O)NCC3CC3)cc2)cc1C(=O)Nc1nnc(N2C(C)C=CC2C)s1. The van der Waals surface area contributed by atoms with E-state index in [0.29, 0.717) is 22.2 Å². The third-order valence-corrected chi connectivity index (χ3v) is 7.46. The van der Waals surface area contributed by atoms with Crippen molar-refractivity contribution in [2.45, 2.75) is 45.7 Å². The summed E-state index contributed by atoms with van der Waals surface area (Å²) >= 11 is 1.37. The van der Waals surface area contributed by atoms with E-state index in [1.165, 1.54) is 24.2 Å². The van der Waals surface area contributed by atoms with Crippen LogP contribution in [0.1, 0.15) is 53.0 Å². The lowest BCUT2D eigenvalue weighted by Crippen LogP contribution is -2.33. The maximum atomic E-state index is 13.1. The molecule has 0 saturated heterocycles. The highest BCUT2D eigenvalue weighted by Crippen LogP contribution is 2.31. The lowest BCUT2D eigenvalue weighted by atomic mass is 9.98. The highest BCUT2D eigenvalue weighted by Gasteiger charge is 2.26. The van der Waals surface area contributed by atoms with Crippen molar-refractivity contribution in [2.24, 2.45) is 5.92 Å². The third kappa shape index (κ3) is 5.12. The maximum absolute atomic E-state index is 13.1. The van der Waals surface area contributed by atoms with E-state index in [2.05, 4.69) is 51.7 Å². The summed E-state index contributed by atoms with van der Waals surface area (Å²) in [7, 11) is 0. The summed E-state index contributed by atoms with van der Waals surface area (Å²) in [5, 5.41) is 15.6. The Morgan fingerprint density at radius 2 is 1.66 bits per heavy atom. The van der Waals surface area contributed by atoms with Crippen LogP contribution >= 0.6 is 11.3 Å². The second kappa shape index (κ2) is 9.62. The van der Waals surface area contributed by atoms with Crippen LogP contribution in [0.5, 0.6) is 0 Å². The molecule has 180 valence electrons. The fourth-order valence-electron chi connectivity index (χ4n) is 4.28. The van der Waals surface area contributed by atoms with Crippen molar-refractivity contribution in [3.63, 3.8) is 0 Å². The molecular formula is C27H29N5O2S. The van der Waals surface area contributed by atoms with E-state index in [4.69, 9.17) is 0 Å². The molecule has 3 aromatic rings. The summed E-state index contributed by atoms with van der Waals surface area (Å²) in [6.07, 6.45) is 6.70. The minimum absolute atomic E-state index is 0.0441. The van der Waals surface area contributed by atoms with Gasteiger partial charge in [0, 0.05) is 29.8 Å². The molecule has 1 aliphatic heterocycles. The number of aryl methyl sites for hydroxylation is 1. The average molecular weight is 488 g/mol. The Morgan fingerprint density at radius 1 is 0.971 bits per heavy atom. The predicted molar refractivity (Wildman–Crippen MR) is 140 cm³/mol. The fourth-order valence-corrected chi connectivity index (χ4v) is 5.20. The van der Waals surface area contributed by atoms with Crippen molar-refractivity contribution < 1.29 is 9.59 Å². The van der Waals surface area contributed by atoms with Crippen LogP contribution < -0.4 is 15.5 Å². The van der Waals surface area contributed by atoms with Crippen LogP contribution in [0.15, 0.2) is 54.6 Å². The summed E-state index contributed by atoms with van der Waals surface area (Å²) in [5.74, 6) is 0.382. The van der Waals surface area contributed by atoms with Gasteiger partial charge in [-0.05, 0) is 74.4 Å². The maximum Gasteiger partial charge on any atom is 0.257 e. The van der Waals surface area contributed by atoms with Gasteiger partial charge in [-0.15, -0.1) is 10.2 Å². The van der Waals surface area contributed by atoms with Gasteiger partial charge >= 0.3 is 0 Å². The molecule has 1 aliphatic carbocycles. The van der Waals surface area contributed by atoms with E-state index in [1.807, 2.05) is 49.4 Å². The van der Waals surface area contributed by atoms with E-state index < -0.39 is 0 Å². The number of amides is 2. The Kier molecular flexibility index (Phi) is 6.38. The molecule has 2 N–H and O–H groups in total. The number of hydrogen-bond acceptors (Lipinski definition) is 6. The molecule has 0 spiro atoms. The highest BCUT2D eigenvalue weighted by atomic mass is 32.1. The van der Waals surface area contributed by atoms with Crippen molar-refractivity contribution in [3.8, 4) is 11.1 Å². The van der Waals surface area contributed by atoms with Crippen LogP contribution in [0.2, 0.25) is 0 Å². The molecule has 2 unspecified atom stereocenters. The summed E-state index contributed by atoms with van der Waals surface area (Å²) < 4.78 is 0. The third-order valence-electron chi connectivity index (χ3n) is 6.61. The Labute approximate surface area is 209 Å². The van der Waals surface area contributed by atoms with Crippen molar-refractivity contribution in [1.29, 1.82) is 0 Å². The minimum atomic E-state index is -0.219. The highest BCUT2D eigenvalue weighted by molar-refractivity contribution is 7.19. The van der Waals surface area contributed by atoms with Crippen LogP contribution in [-0.4, -0.2) is 40.6 Å². The Balaban J connectivity index is 1.28. The number of nitrogens with zero attached hydrogens (tertiary/aromatic N) is 3. The number of carbonyl (C=O) groups excluding carboxylic acids is 2. The quantitative estimate of drug-likeness (QED) is 0.455. The number of benzene rings is 2. The molecular weight excluding hydrogens is 458 g/mol. The zero-order valence-corrected chi connectivity index (χ0v) is 20.9. The Hall–Kier alpha value is -3.52. The first-order valence-electron chi connectivity index (χ1n) is 12.0. The van der Waals surface area contributed by atoms with E-state index in [-0.39, 0.29) is 23.9 Å². The van der Waals surface area contributed by atoms with E-state index in [1.54, 1.807) is 0 Å². The van der Waals surface area contributed by atoms with Crippen molar-refractivity contribution >= 4 is 33.4 Å². The molecule has 7 nitrogen and oxygen atoms in total. The number of carbonyl (C=O) groups is 2. The average Bonchev–Trinajstić information content (AvgIpc) is 3.49. The Morgan fingerprint density at radius 3 is 2.34 bits per heavy atom. The molecule has 2 aliphatic rings. The van der Waals surface area contributed by atoms with Crippen LogP contribution in [0.3, 0.4) is 0 Å². The zero-order chi connectivity index (χ0) is 24.5. The molecule has 2 atom stereocenters. The van der Waals surface area contributed by atoms with Crippen molar-refractivity contribution in [2.75, 3.05) is 16.8 Å². The van der Waals surface area contributed by atoms with Crippen molar-refractivity contribution in [1.82, 2.24) is 15.5 Å². The zero-order valence-electron chi connectivity index (χ0n) is 20.1. The number of anilines is 2. The number of nitrogens with one attached hydrogen (secondary N) is 2. The van der Waals surface area contributed by atoms with Gasteiger partial charge in [0.1, 0.15) is 0 Å². The molecule has 0 bridgehead atoms. The van der Waals surface area contributed by atoms with Gasteiger partial charge in [0.2, 0.25) is 10.3 Å². The van der Waals surface area contributed by atoms with Gasteiger partial charge in [-0.2, -0.15) is 0 Å². The van der Waals surface area contributed by atoms with Gasteiger partial charge in [-0.3, -0.25) is 14.9 Å². The minimum Gasteiger partial charge on any atom is -0.352 e. The molecule has 1 fully saturated rings. The second-order valence-corrected chi connectivity index (χ2v) is 10.3. The summed E-state index contributed by atoms with van der Waals surface area (Å²) in [6.45, 7) is 6.89. The van der Waals surface area contributed by atoms with Gasteiger partial charge in [-0.25, -0.2) is 0 Å². The second-order valence-electron chi connectivity index (χ2n) is 9.38. The molecule has 0 radical (unpaired) electrons.